The van der Waals surface area contributed by atoms with Crippen LogP contribution in [0.3, 0.4) is 0 Å². The lowest BCUT2D eigenvalue weighted by Crippen LogP contribution is -2.36. The smallest absolute Gasteiger partial charge is 0.132 e. The molecule has 2 aliphatic rings. The second-order valence-corrected chi connectivity index (χ2v) is 13.6. The molecule has 11 rings (SSSR count). The largest absolute Gasteiger partial charge is 0.457 e. The summed E-state index contributed by atoms with van der Waals surface area (Å²) in [5, 5.41) is 2.44. The van der Waals surface area contributed by atoms with Crippen molar-refractivity contribution in [2.75, 3.05) is 0 Å². The highest BCUT2D eigenvalue weighted by molar-refractivity contribution is 6.15. The molecule has 1 spiro atoms. The fraction of sp³-hybridized carbons (Fsp3) is 0.0204. The van der Waals surface area contributed by atoms with Gasteiger partial charge in [-0.05, 0) is 70.8 Å². The lowest BCUT2D eigenvalue weighted by atomic mass is 9.62. The van der Waals surface area contributed by atoms with Gasteiger partial charge < -0.3 is 14.0 Å². The van der Waals surface area contributed by atoms with E-state index in [9.17, 15) is 0 Å². The Morgan fingerprint density at radius 2 is 0.904 bits per heavy atom. The number of benzene rings is 8. The van der Waals surface area contributed by atoms with E-state index in [-0.39, 0.29) is 0 Å². The normalized spacial score (nSPS) is 13.5. The van der Waals surface area contributed by atoms with Crippen LogP contribution in [0.4, 0.5) is 0 Å². The summed E-state index contributed by atoms with van der Waals surface area (Å²) in [7, 11) is 0. The molecule has 0 bridgehead atoms. The van der Waals surface area contributed by atoms with Crippen molar-refractivity contribution >= 4 is 21.8 Å². The summed E-state index contributed by atoms with van der Waals surface area (Å²) in [5.74, 6) is 3.39. The summed E-state index contributed by atoms with van der Waals surface area (Å²) in [6.45, 7) is 0. The van der Waals surface area contributed by atoms with Crippen LogP contribution in [0.2, 0.25) is 0 Å². The minimum absolute atomic E-state index is 0.655. The minimum atomic E-state index is -0.655. The van der Waals surface area contributed by atoms with Crippen LogP contribution >= 0.6 is 0 Å². The summed E-state index contributed by atoms with van der Waals surface area (Å²) in [5.41, 5.74) is 11.8. The molecule has 3 heterocycles. The van der Waals surface area contributed by atoms with Gasteiger partial charge in [0.25, 0.3) is 0 Å². The first-order valence-corrected chi connectivity index (χ1v) is 17.8. The lowest BCUT2D eigenvalue weighted by molar-refractivity contribution is 0.399. The third kappa shape index (κ3) is 4.02. The number of nitrogens with zero attached hydrogens (tertiary/aromatic N) is 1. The van der Waals surface area contributed by atoms with Crippen molar-refractivity contribution in [2.24, 2.45) is 0 Å². The third-order valence-electron chi connectivity index (χ3n) is 10.9. The fourth-order valence-corrected chi connectivity index (χ4v) is 8.76. The van der Waals surface area contributed by atoms with E-state index in [1.165, 1.54) is 27.4 Å². The summed E-state index contributed by atoms with van der Waals surface area (Å²) in [6, 6.07) is 66.9. The van der Waals surface area contributed by atoms with Gasteiger partial charge in [0.2, 0.25) is 0 Å². The molecule has 0 saturated carbocycles. The highest BCUT2D eigenvalue weighted by atomic mass is 16.5. The molecule has 9 aromatic rings. The Kier molecular flexibility index (Phi) is 6.17. The van der Waals surface area contributed by atoms with Gasteiger partial charge in [-0.25, -0.2) is 0 Å². The monoisotopic (exact) mass is 665 g/mol. The maximum Gasteiger partial charge on any atom is 0.132 e. The molecular formula is C49H31NO2. The Hall–Kier alpha value is -6.84. The van der Waals surface area contributed by atoms with Gasteiger partial charge in [0.15, 0.2) is 0 Å². The predicted octanol–water partition coefficient (Wildman–Crippen LogP) is 12.7. The highest BCUT2D eigenvalue weighted by Crippen LogP contribution is 2.62. The van der Waals surface area contributed by atoms with Crippen LogP contribution in [0.1, 0.15) is 22.3 Å². The average molecular weight is 666 g/mol. The number of rotatable bonds is 3. The molecule has 52 heavy (non-hydrogen) atoms. The van der Waals surface area contributed by atoms with Gasteiger partial charge in [0.1, 0.15) is 23.0 Å². The van der Waals surface area contributed by atoms with Crippen molar-refractivity contribution in [3.05, 3.63) is 210 Å². The van der Waals surface area contributed by atoms with Gasteiger partial charge in [-0.15, -0.1) is 0 Å². The highest BCUT2D eigenvalue weighted by Gasteiger charge is 2.50. The van der Waals surface area contributed by atoms with Gasteiger partial charge in [-0.2, -0.15) is 0 Å². The van der Waals surface area contributed by atoms with Crippen molar-refractivity contribution in [3.63, 3.8) is 0 Å². The van der Waals surface area contributed by atoms with E-state index >= 15 is 0 Å². The van der Waals surface area contributed by atoms with Gasteiger partial charge in [-0.3, -0.25) is 0 Å². The van der Waals surface area contributed by atoms with E-state index < -0.39 is 5.41 Å². The SMILES string of the molecule is c1ccc(-c2ccc3c(c2)Oc2cc(-c4cccc5c4c4ccccc4n5-c4ccccc4)ccc2C32c3ccccc3Oc3ccccc32)cc1. The molecule has 8 aromatic carbocycles. The Balaban J connectivity index is 1.19. The van der Waals surface area contributed by atoms with E-state index in [2.05, 4.69) is 193 Å². The van der Waals surface area contributed by atoms with Crippen LogP contribution in [-0.2, 0) is 5.41 Å². The second-order valence-electron chi connectivity index (χ2n) is 13.6. The van der Waals surface area contributed by atoms with E-state index in [0.29, 0.717) is 0 Å². The number of aromatic nitrogens is 1. The van der Waals surface area contributed by atoms with Crippen molar-refractivity contribution in [1.82, 2.24) is 4.57 Å². The first-order chi connectivity index (χ1) is 25.8. The molecule has 0 N–H and O–H groups in total. The molecule has 0 aliphatic carbocycles. The third-order valence-corrected chi connectivity index (χ3v) is 10.9. The molecule has 1 aromatic heterocycles. The molecule has 0 amide bonds. The molecule has 244 valence electrons. The summed E-state index contributed by atoms with van der Waals surface area (Å²) >= 11 is 0. The van der Waals surface area contributed by atoms with Gasteiger partial charge >= 0.3 is 0 Å². The van der Waals surface area contributed by atoms with Crippen LogP contribution in [0.5, 0.6) is 23.0 Å². The zero-order valence-electron chi connectivity index (χ0n) is 28.2. The van der Waals surface area contributed by atoms with Crippen LogP contribution in [0, 0.1) is 0 Å². The number of hydrogen-bond acceptors (Lipinski definition) is 2. The standard InChI is InChI=1S/C49H31NO2/c1-3-14-32(15-4-1)33-26-28-40-46(30-33)52-47-31-34(27-29-41(47)49(40)38-20-8-11-24-44(38)51-45-25-12-9-21-39(45)49)36-19-13-23-43-48(36)37-18-7-10-22-42(37)50(43)35-16-5-2-6-17-35/h1-31H. The molecule has 0 saturated heterocycles. The van der Waals surface area contributed by atoms with Crippen molar-refractivity contribution in [3.8, 4) is 50.9 Å². The van der Waals surface area contributed by atoms with Crippen LogP contribution in [-0.4, -0.2) is 4.57 Å². The van der Waals surface area contributed by atoms with E-state index in [1.54, 1.807) is 0 Å². The quantitative estimate of drug-likeness (QED) is 0.187. The van der Waals surface area contributed by atoms with Gasteiger partial charge in [-0.1, -0.05) is 140 Å². The van der Waals surface area contributed by atoms with Crippen LogP contribution in [0.25, 0.3) is 49.7 Å². The van der Waals surface area contributed by atoms with Gasteiger partial charge in [0.05, 0.1) is 16.4 Å². The molecule has 0 unspecified atom stereocenters. The zero-order chi connectivity index (χ0) is 34.2. The summed E-state index contributed by atoms with van der Waals surface area (Å²) < 4.78 is 16.1. The Morgan fingerprint density at radius 3 is 1.63 bits per heavy atom. The average Bonchev–Trinajstić information content (AvgIpc) is 3.56. The summed E-state index contributed by atoms with van der Waals surface area (Å²) in [4.78, 5) is 0. The Morgan fingerprint density at radius 1 is 0.365 bits per heavy atom. The Bertz CT molecular complexity index is 2810. The molecule has 2 aliphatic heterocycles. The van der Waals surface area contributed by atoms with Crippen molar-refractivity contribution in [2.45, 2.75) is 5.41 Å². The molecule has 0 radical (unpaired) electrons. The number of para-hydroxylation sites is 4. The second kappa shape index (κ2) is 11.1. The zero-order valence-corrected chi connectivity index (χ0v) is 28.2. The minimum Gasteiger partial charge on any atom is -0.457 e. The number of ether oxygens (including phenoxy) is 2. The molecule has 3 heteroatoms. The fourth-order valence-electron chi connectivity index (χ4n) is 8.76. The Labute approximate surface area is 301 Å². The topological polar surface area (TPSA) is 23.4 Å². The van der Waals surface area contributed by atoms with Crippen LogP contribution in [0.15, 0.2) is 188 Å². The van der Waals surface area contributed by atoms with Crippen molar-refractivity contribution < 1.29 is 9.47 Å². The molecule has 0 fully saturated rings. The first-order valence-electron chi connectivity index (χ1n) is 17.8. The van der Waals surface area contributed by atoms with Crippen molar-refractivity contribution in [1.29, 1.82) is 0 Å². The maximum absolute atomic E-state index is 7.09. The predicted molar refractivity (Wildman–Crippen MR) is 210 cm³/mol. The molecule has 0 atom stereocenters. The van der Waals surface area contributed by atoms with E-state index in [4.69, 9.17) is 9.47 Å². The van der Waals surface area contributed by atoms with Crippen LogP contribution < -0.4 is 9.47 Å². The molecule has 3 nitrogen and oxygen atoms in total. The lowest BCUT2D eigenvalue weighted by Gasteiger charge is -2.45. The number of fused-ring (bicyclic) bond motifs is 11. The van der Waals surface area contributed by atoms with Gasteiger partial charge in [0, 0.05) is 38.7 Å². The van der Waals surface area contributed by atoms with E-state index in [0.717, 1.165) is 67.6 Å². The number of hydrogen-bond donors (Lipinski definition) is 0. The van der Waals surface area contributed by atoms with E-state index in [1.807, 2.05) is 0 Å². The molecular weight excluding hydrogens is 635 g/mol. The first kappa shape index (κ1) is 28.9. The maximum atomic E-state index is 7.09. The summed E-state index contributed by atoms with van der Waals surface area (Å²) in [6.07, 6.45) is 0.